The second-order valence-electron chi connectivity index (χ2n) is 7.90. The summed E-state index contributed by atoms with van der Waals surface area (Å²) in [6.45, 7) is 5.19. The lowest BCUT2D eigenvalue weighted by atomic mass is 10.1. The second-order valence-corrected chi connectivity index (χ2v) is 8.85. The SMILES string of the molecule is CCOC(=O)C1=C(CSc2nnc(C3CC3)n2-c2cccc(NC(C)=O)c2)NC(=O)NC1C. The summed E-state index contributed by atoms with van der Waals surface area (Å²) >= 11 is 1.37. The summed E-state index contributed by atoms with van der Waals surface area (Å²) < 4.78 is 7.16. The van der Waals surface area contributed by atoms with Crippen molar-refractivity contribution in [3.05, 3.63) is 41.4 Å². The van der Waals surface area contributed by atoms with Crippen LogP contribution in [0.4, 0.5) is 10.5 Å². The molecule has 0 spiro atoms. The molecule has 1 fully saturated rings. The van der Waals surface area contributed by atoms with Crippen molar-refractivity contribution in [2.24, 2.45) is 0 Å². The molecule has 2 aromatic rings. The normalized spacial score (nSPS) is 17.9. The quantitative estimate of drug-likeness (QED) is 0.400. The fourth-order valence-electron chi connectivity index (χ4n) is 3.68. The van der Waals surface area contributed by atoms with E-state index in [4.69, 9.17) is 4.74 Å². The van der Waals surface area contributed by atoms with Gasteiger partial charge in [-0.25, -0.2) is 9.59 Å². The van der Waals surface area contributed by atoms with Gasteiger partial charge in [0.1, 0.15) is 5.82 Å². The Kier molecular flexibility index (Phi) is 6.68. The molecule has 1 atom stereocenters. The minimum absolute atomic E-state index is 0.151. The van der Waals surface area contributed by atoms with Gasteiger partial charge in [0.2, 0.25) is 5.91 Å². The fourth-order valence-corrected chi connectivity index (χ4v) is 4.61. The molecule has 1 aliphatic heterocycles. The molecular formula is C22H26N6O4S. The molecule has 0 bridgehead atoms. The molecular weight excluding hydrogens is 444 g/mol. The van der Waals surface area contributed by atoms with Crippen LogP contribution in [0.3, 0.4) is 0 Å². The molecule has 1 saturated carbocycles. The van der Waals surface area contributed by atoms with Crippen LogP contribution in [0.5, 0.6) is 0 Å². The highest BCUT2D eigenvalue weighted by molar-refractivity contribution is 7.99. The second kappa shape index (κ2) is 9.65. The van der Waals surface area contributed by atoms with Crippen molar-refractivity contribution in [1.82, 2.24) is 25.4 Å². The summed E-state index contributed by atoms with van der Waals surface area (Å²) in [4.78, 5) is 36.1. The maximum absolute atomic E-state index is 12.5. The first kappa shape index (κ1) is 22.8. The predicted molar refractivity (Wildman–Crippen MR) is 123 cm³/mol. The number of rotatable bonds is 8. The van der Waals surface area contributed by atoms with Crippen LogP contribution >= 0.6 is 11.8 Å². The number of thioether (sulfide) groups is 1. The summed E-state index contributed by atoms with van der Waals surface area (Å²) in [6.07, 6.45) is 2.09. The van der Waals surface area contributed by atoms with E-state index in [1.54, 1.807) is 13.8 Å². The molecule has 0 saturated heterocycles. The molecule has 2 heterocycles. The van der Waals surface area contributed by atoms with Crippen molar-refractivity contribution in [1.29, 1.82) is 0 Å². The predicted octanol–water partition coefficient (Wildman–Crippen LogP) is 2.71. The molecule has 174 valence electrons. The average molecular weight is 471 g/mol. The number of hydrogen-bond donors (Lipinski definition) is 3. The zero-order chi connectivity index (χ0) is 23.5. The van der Waals surface area contributed by atoms with Gasteiger partial charge in [-0.2, -0.15) is 0 Å². The first-order valence-corrected chi connectivity index (χ1v) is 11.8. The largest absolute Gasteiger partial charge is 0.463 e. The molecule has 33 heavy (non-hydrogen) atoms. The number of nitrogens with zero attached hydrogens (tertiary/aromatic N) is 3. The Balaban J connectivity index is 1.65. The minimum atomic E-state index is -0.470. The van der Waals surface area contributed by atoms with Crippen LogP contribution in [0, 0.1) is 0 Å². The fraction of sp³-hybridized carbons (Fsp3) is 0.409. The Bertz CT molecular complexity index is 1120. The molecule has 11 heteroatoms. The van der Waals surface area contributed by atoms with E-state index in [1.807, 2.05) is 28.8 Å². The number of ether oxygens (including phenoxy) is 1. The Morgan fingerprint density at radius 1 is 1.30 bits per heavy atom. The number of aromatic nitrogens is 3. The van der Waals surface area contributed by atoms with Gasteiger partial charge >= 0.3 is 12.0 Å². The summed E-state index contributed by atoms with van der Waals surface area (Å²) in [5.41, 5.74) is 2.39. The Morgan fingerprint density at radius 2 is 2.09 bits per heavy atom. The number of esters is 1. The van der Waals surface area contributed by atoms with Crippen molar-refractivity contribution >= 4 is 35.4 Å². The number of carbonyl (C=O) groups excluding carboxylic acids is 3. The highest BCUT2D eigenvalue weighted by Gasteiger charge is 2.33. The molecule has 1 aromatic carbocycles. The number of anilines is 1. The van der Waals surface area contributed by atoms with Gasteiger partial charge in [0.15, 0.2) is 5.16 Å². The summed E-state index contributed by atoms with van der Waals surface area (Å²) in [7, 11) is 0. The summed E-state index contributed by atoms with van der Waals surface area (Å²) in [6, 6.07) is 6.65. The molecule has 3 amide bonds. The number of nitrogens with one attached hydrogen (secondary N) is 3. The number of hydrogen-bond acceptors (Lipinski definition) is 7. The third kappa shape index (κ3) is 5.19. The van der Waals surface area contributed by atoms with Gasteiger partial charge in [0, 0.05) is 30.0 Å². The van der Waals surface area contributed by atoms with Crippen LogP contribution < -0.4 is 16.0 Å². The first-order chi connectivity index (χ1) is 15.9. The van der Waals surface area contributed by atoms with Crippen molar-refractivity contribution in [3.8, 4) is 5.69 Å². The maximum Gasteiger partial charge on any atom is 0.337 e. The van der Waals surface area contributed by atoms with E-state index in [0.29, 0.717) is 33.8 Å². The molecule has 0 radical (unpaired) electrons. The van der Waals surface area contributed by atoms with Gasteiger partial charge in [-0.15, -0.1) is 10.2 Å². The molecule has 10 nitrogen and oxygen atoms in total. The molecule has 1 aliphatic carbocycles. The van der Waals surface area contributed by atoms with Crippen molar-refractivity contribution in [3.63, 3.8) is 0 Å². The van der Waals surface area contributed by atoms with Crippen LogP contribution in [-0.4, -0.2) is 51.1 Å². The van der Waals surface area contributed by atoms with E-state index in [9.17, 15) is 14.4 Å². The number of carbonyl (C=O) groups is 3. The van der Waals surface area contributed by atoms with E-state index in [0.717, 1.165) is 24.4 Å². The maximum atomic E-state index is 12.5. The van der Waals surface area contributed by atoms with Crippen LogP contribution in [0.25, 0.3) is 5.69 Å². The average Bonchev–Trinajstić information content (AvgIpc) is 3.50. The molecule has 2 aliphatic rings. The van der Waals surface area contributed by atoms with E-state index < -0.39 is 12.0 Å². The van der Waals surface area contributed by atoms with Gasteiger partial charge in [-0.05, 0) is 44.9 Å². The molecule has 1 unspecified atom stereocenters. The third-order valence-corrected chi connectivity index (χ3v) is 6.19. The monoisotopic (exact) mass is 470 g/mol. The number of benzene rings is 1. The molecule has 4 rings (SSSR count). The lowest BCUT2D eigenvalue weighted by Gasteiger charge is -2.26. The van der Waals surface area contributed by atoms with Gasteiger partial charge in [0.05, 0.1) is 23.9 Å². The third-order valence-electron chi connectivity index (χ3n) is 5.24. The van der Waals surface area contributed by atoms with Crippen molar-refractivity contribution in [2.45, 2.75) is 50.7 Å². The first-order valence-electron chi connectivity index (χ1n) is 10.8. The van der Waals surface area contributed by atoms with Gasteiger partial charge in [-0.3, -0.25) is 9.36 Å². The van der Waals surface area contributed by atoms with Gasteiger partial charge in [0.25, 0.3) is 0 Å². The van der Waals surface area contributed by atoms with E-state index in [-0.39, 0.29) is 18.5 Å². The topological polar surface area (TPSA) is 127 Å². The van der Waals surface area contributed by atoms with Gasteiger partial charge in [-0.1, -0.05) is 17.8 Å². The lowest BCUT2D eigenvalue weighted by molar-refractivity contribution is -0.139. The van der Waals surface area contributed by atoms with Crippen LogP contribution in [0.15, 0.2) is 40.7 Å². The van der Waals surface area contributed by atoms with Crippen LogP contribution in [0.2, 0.25) is 0 Å². The minimum Gasteiger partial charge on any atom is -0.463 e. The Hall–Kier alpha value is -3.34. The van der Waals surface area contributed by atoms with Crippen molar-refractivity contribution < 1.29 is 19.1 Å². The lowest BCUT2D eigenvalue weighted by Crippen LogP contribution is -2.49. The van der Waals surface area contributed by atoms with Crippen molar-refractivity contribution in [2.75, 3.05) is 17.7 Å². The molecule has 3 N–H and O–H groups in total. The highest BCUT2D eigenvalue weighted by Crippen LogP contribution is 2.41. The van der Waals surface area contributed by atoms with Crippen LogP contribution in [0.1, 0.15) is 45.4 Å². The van der Waals surface area contributed by atoms with Crippen LogP contribution in [-0.2, 0) is 14.3 Å². The zero-order valence-corrected chi connectivity index (χ0v) is 19.5. The summed E-state index contributed by atoms with van der Waals surface area (Å²) in [5.74, 6) is 0.891. The van der Waals surface area contributed by atoms with E-state index in [1.165, 1.54) is 18.7 Å². The Labute approximate surface area is 195 Å². The molecule has 1 aromatic heterocycles. The van der Waals surface area contributed by atoms with E-state index in [2.05, 4.69) is 26.1 Å². The van der Waals surface area contributed by atoms with E-state index >= 15 is 0 Å². The number of urea groups is 1. The zero-order valence-electron chi connectivity index (χ0n) is 18.7. The Morgan fingerprint density at radius 3 is 2.79 bits per heavy atom. The van der Waals surface area contributed by atoms with Gasteiger partial charge < -0.3 is 20.7 Å². The highest BCUT2D eigenvalue weighted by atomic mass is 32.2. The summed E-state index contributed by atoms with van der Waals surface area (Å²) in [5, 5.41) is 17.7. The number of amides is 3. The smallest absolute Gasteiger partial charge is 0.337 e. The standard InChI is InChI=1S/C22H26N6O4S/c1-4-32-20(30)18-12(2)23-21(31)25-17(18)11-33-22-27-26-19(14-8-9-14)28(22)16-7-5-6-15(10-16)24-13(3)29/h5-7,10,12,14H,4,8-9,11H2,1-3H3,(H,24,29)(H2,23,25,31).